The summed E-state index contributed by atoms with van der Waals surface area (Å²) < 4.78 is 1.29. The van der Waals surface area contributed by atoms with Gasteiger partial charge in [0.15, 0.2) is 0 Å². The molecule has 5 heteroatoms. The van der Waals surface area contributed by atoms with E-state index < -0.39 is 0 Å². The van der Waals surface area contributed by atoms with E-state index >= 15 is 0 Å². The van der Waals surface area contributed by atoms with Crippen LogP contribution in [0.5, 0.6) is 0 Å². The highest BCUT2D eigenvalue weighted by Crippen LogP contribution is 2.33. The topological polar surface area (TPSA) is 77.1 Å². The first-order valence-electron chi connectivity index (χ1n) is 8.44. The molecular weight excluding hydrogens is 302 g/mol. The summed E-state index contributed by atoms with van der Waals surface area (Å²) in [6.07, 6.45) is 5.77. The van der Waals surface area contributed by atoms with E-state index in [1.807, 2.05) is 30.3 Å². The summed E-state index contributed by atoms with van der Waals surface area (Å²) in [7, 11) is 0. The maximum Gasteiger partial charge on any atom is 0.269 e. The number of anilines is 1. The molecule has 1 aliphatic rings. The Morgan fingerprint density at radius 2 is 1.88 bits per heavy atom. The Bertz CT molecular complexity index is 804. The van der Waals surface area contributed by atoms with Crippen molar-refractivity contribution in [1.82, 2.24) is 4.68 Å². The Morgan fingerprint density at radius 1 is 1.12 bits per heavy atom. The average molecular weight is 325 g/mol. The van der Waals surface area contributed by atoms with Crippen LogP contribution in [-0.2, 0) is 4.79 Å². The van der Waals surface area contributed by atoms with Crippen molar-refractivity contribution in [3.8, 4) is 11.1 Å². The Morgan fingerprint density at radius 3 is 2.58 bits per heavy atom. The van der Waals surface area contributed by atoms with E-state index in [2.05, 4.69) is 5.32 Å². The third-order valence-corrected chi connectivity index (χ3v) is 4.64. The van der Waals surface area contributed by atoms with Crippen molar-refractivity contribution >= 4 is 11.6 Å². The number of aromatic nitrogens is 1. The SMILES string of the molecule is CC(=O)Nc1cccc(-c2cc(C3CCCCC3)n(N)c(=O)c2)c1. The summed E-state index contributed by atoms with van der Waals surface area (Å²) in [6, 6.07) is 11.1. The molecule has 1 aliphatic carbocycles. The zero-order valence-electron chi connectivity index (χ0n) is 13.9. The lowest BCUT2D eigenvalue weighted by Gasteiger charge is -2.24. The number of rotatable bonds is 3. The second-order valence-corrected chi connectivity index (χ2v) is 6.47. The number of carbonyl (C=O) groups excluding carboxylic acids is 1. The van der Waals surface area contributed by atoms with Gasteiger partial charge in [0.1, 0.15) is 0 Å². The van der Waals surface area contributed by atoms with Gasteiger partial charge in [-0.3, -0.25) is 9.59 Å². The molecule has 1 saturated carbocycles. The maximum absolute atomic E-state index is 12.3. The number of amides is 1. The highest BCUT2D eigenvalue weighted by atomic mass is 16.1. The van der Waals surface area contributed by atoms with Crippen LogP contribution >= 0.6 is 0 Å². The van der Waals surface area contributed by atoms with Gasteiger partial charge in [0.05, 0.1) is 0 Å². The predicted octanol–water partition coefficient (Wildman–Crippen LogP) is 3.24. The lowest BCUT2D eigenvalue weighted by Crippen LogP contribution is -2.31. The third kappa shape index (κ3) is 3.50. The molecule has 1 aromatic carbocycles. The second kappa shape index (κ2) is 6.91. The molecule has 0 spiro atoms. The number of nitrogens with two attached hydrogens (primary N) is 1. The molecule has 5 nitrogen and oxygen atoms in total. The third-order valence-electron chi connectivity index (χ3n) is 4.64. The van der Waals surface area contributed by atoms with E-state index in [1.165, 1.54) is 30.9 Å². The highest BCUT2D eigenvalue weighted by molar-refractivity contribution is 5.89. The van der Waals surface area contributed by atoms with Crippen LogP contribution in [0.2, 0.25) is 0 Å². The van der Waals surface area contributed by atoms with Crippen LogP contribution in [0.25, 0.3) is 11.1 Å². The molecule has 24 heavy (non-hydrogen) atoms. The van der Waals surface area contributed by atoms with E-state index in [1.54, 1.807) is 6.07 Å². The summed E-state index contributed by atoms with van der Waals surface area (Å²) >= 11 is 0. The second-order valence-electron chi connectivity index (χ2n) is 6.47. The Balaban J connectivity index is 2.00. The summed E-state index contributed by atoms with van der Waals surface area (Å²) in [5, 5.41) is 2.77. The van der Waals surface area contributed by atoms with E-state index in [4.69, 9.17) is 5.84 Å². The zero-order valence-corrected chi connectivity index (χ0v) is 13.9. The van der Waals surface area contributed by atoms with Crippen LogP contribution in [-0.4, -0.2) is 10.6 Å². The Kier molecular flexibility index (Phi) is 4.69. The molecule has 3 N–H and O–H groups in total. The number of hydrogen-bond acceptors (Lipinski definition) is 3. The summed E-state index contributed by atoms with van der Waals surface area (Å²) in [4.78, 5) is 23.5. The molecule has 1 fully saturated rings. The molecule has 2 aromatic rings. The summed E-state index contributed by atoms with van der Waals surface area (Å²) in [5.74, 6) is 6.23. The van der Waals surface area contributed by atoms with Crippen molar-refractivity contribution in [2.45, 2.75) is 44.9 Å². The van der Waals surface area contributed by atoms with Gasteiger partial charge < -0.3 is 11.2 Å². The van der Waals surface area contributed by atoms with Gasteiger partial charge in [-0.2, -0.15) is 0 Å². The van der Waals surface area contributed by atoms with Crippen LogP contribution in [0, 0.1) is 0 Å². The van der Waals surface area contributed by atoms with E-state index in [-0.39, 0.29) is 11.5 Å². The fraction of sp³-hybridized carbons (Fsp3) is 0.368. The molecule has 0 unspecified atom stereocenters. The van der Waals surface area contributed by atoms with Gasteiger partial charge in [-0.05, 0) is 42.2 Å². The number of pyridine rings is 1. The molecule has 0 saturated heterocycles. The van der Waals surface area contributed by atoms with Gasteiger partial charge in [-0.1, -0.05) is 31.4 Å². The van der Waals surface area contributed by atoms with Crippen molar-refractivity contribution in [1.29, 1.82) is 0 Å². The minimum Gasteiger partial charge on any atom is -0.336 e. The quantitative estimate of drug-likeness (QED) is 0.851. The molecule has 0 aliphatic heterocycles. The van der Waals surface area contributed by atoms with Gasteiger partial charge in [0.2, 0.25) is 5.91 Å². The minimum absolute atomic E-state index is 0.118. The van der Waals surface area contributed by atoms with Crippen molar-refractivity contribution in [2.75, 3.05) is 11.2 Å². The molecule has 1 heterocycles. The molecule has 0 radical (unpaired) electrons. The smallest absolute Gasteiger partial charge is 0.269 e. The molecule has 3 rings (SSSR count). The maximum atomic E-state index is 12.3. The molecule has 1 amide bonds. The number of benzene rings is 1. The van der Waals surface area contributed by atoms with Crippen molar-refractivity contribution in [3.05, 3.63) is 52.4 Å². The first kappa shape index (κ1) is 16.3. The van der Waals surface area contributed by atoms with Crippen molar-refractivity contribution in [2.24, 2.45) is 0 Å². The van der Waals surface area contributed by atoms with Crippen molar-refractivity contribution < 1.29 is 4.79 Å². The Labute approximate surface area is 141 Å². The van der Waals surface area contributed by atoms with Crippen LogP contribution in [0.15, 0.2) is 41.2 Å². The van der Waals surface area contributed by atoms with E-state index in [9.17, 15) is 9.59 Å². The molecule has 0 atom stereocenters. The predicted molar refractivity (Wildman–Crippen MR) is 96.4 cm³/mol. The fourth-order valence-electron chi connectivity index (χ4n) is 3.46. The number of nitrogen functional groups attached to an aromatic ring is 1. The highest BCUT2D eigenvalue weighted by Gasteiger charge is 2.19. The fourth-order valence-corrected chi connectivity index (χ4v) is 3.46. The van der Waals surface area contributed by atoms with Crippen LogP contribution in [0.4, 0.5) is 5.69 Å². The van der Waals surface area contributed by atoms with Gasteiger partial charge in [0.25, 0.3) is 5.56 Å². The zero-order chi connectivity index (χ0) is 17.1. The minimum atomic E-state index is -0.196. The van der Waals surface area contributed by atoms with Crippen LogP contribution in [0.3, 0.4) is 0 Å². The van der Waals surface area contributed by atoms with Gasteiger partial charge in [-0.15, -0.1) is 0 Å². The standard InChI is InChI=1S/C19H23N3O2/c1-13(23)21-17-9-5-8-15(10-17)16-11-18(22(20)19(24)12-16)14-6-3-2-4-7-14/h5,8-12,14H,2-4,6-7,20H2,1H3,(H,21,23). The first-order valence-corrected chi connectivity index (χ1v) is 8.44. The summed E-state index contributed by atoms with van der Waals surface area (Å²) in [5.41, 5.74) is 3.17. The van der Waals surface area contributed by atoms with Gasteiger partial charge >= 0.3 is 0 Å². The summed E-state index contributed by atoms with van der Waals surface area (Å²) in [6.45, 7) is 1.48. The van der Waals surface area contributed by atoms with Crippen LogP contribution in [0.1, 0.15) is 50.6 Å². The van der Waals surface area contributed by atoms with E-state index in [0.717, 1.165) is 35.3 Å². The van der Waals surface area contributed by atoms with E-state index in [0.29, 0.717) is 5.92 Å². The molecule has 0 bridgehead atoms. The Hall–Kier alpha value is -2.56. The number of nitrogens with zero attached hydrogens (tertiary/aromatic N) is 1. The first-order chi connectivity index (χ1) is 11.5. The van der Waals surface area contributed by atoms with Gasteiger partial charge in [-0.25, -0.2) is 4.68 Å². The normalized spacial score (nSPS) is 15.2. The molecular formula is C19H23N3O2. The monoisotopic (exact) mass is 325 g/mol. The molecule has 126 valence electrons. The lowest BCUT2D eigenvalue weighted by molar-refractivity contribution is -0.114. The molecule has 1 aromatic heterocycles. The number of hydrogen-bond donors (Lipinski definition) is 2. The van der Waals surface area contributed by atoms with Gasteiger partial charge in [0, 0.05) is 30.3 Å². The van der Waals surface area contributed by atoms with Crippen LogP contribution < -0.4 is 16.7 Å². The number of nitrogens with one attached hydrogen (secondary N) is 1. The number of carbonyl (C=O) groups is 1. The average Bonchev–Trinajstić information content (AvgIpc) is 2.57. The van der Waals surface area contributed by atoms with Crippen molar-refractivity contribution in [3.63, 3.8) is 0 Å². The lowest BCUT2D eigenvalue weighted by atomic mass is 9.86. The largest absolute Gasteiger partial charge is 0.336 e.